The van der Waals surface area contributed by atoms with Gasteiger partial charge in [0.1, 0.15) is 12.4 Å². The van der Waals surface area contributed by atoms with Crippen molar-refractivity contribution in [1.82, 2.24) is 0 Å². The fraction of sp³-hybridized carbons (Fsp3) is 0.214. The van der Waals surface area contributed by atoms with Gasteiger partial charge in [0.2, 0.25) is 0 Å². The molecule has 0 saturated carbocycles. The Morgan fingerprint density at radius 2 is 2.11 bits per heavy atom. The molecular formula is C14H13NO2S. The van der Waals surface area contributed by atoms with Gasteiger partial charge in [-0.15, -0.1) is 11.3 Å². The number of rotatable bonds is 1. The van der Waals surface area contributed by atoms with Gasteiger partial charge in [-0.2, -0.15) is 0 Å². The van der Waals surface area contributed by atoms with E-state index in [1.807, 2.05) is 43.3 Å². The summed E-state index contributed by atoms with van der Waals surface area (Å²) >= 11 is 1.53. The van der Waals surface area contributed by atoms with Gasteiger partial charge in [0.15, 0.2) is 0 Å². The van der Waals surface area contributed by atoms with E-state index in [9.17, 15) is 4.79 Å². The van der Waals surface area contributed by atoms with Crippen LogP contribution in [-0.2, 0) is 0 Å². The lowest BCUT2D eigenvalue weighted by atomic mass is 10.2. The molecule has 0 fully saturated rings. The topological polar surface area (TPSA) is 29.5 Å². The lowest BCUT2D eigenvalue weighted by molar-refractivity contribution is 0.0980. The van der Waals surface area contributed by atoms with Crippen LogP contribution >= 0.6 is 11.3 Å². The van der Waals surface area contributed by atoms with E-state index in [1.165, 1.54) is 11.3 Å². The number of benzene rings is 1. The van der Waals surface area contributed by atoms with Crippen LogP contribution in [0.15, 0.2) is 36.4 Å². The van der Waals surface area contributed by atoms with E-state index in [0.717, 1.165) is 21.2 Å². The van der Waals surface area contributed by atoms with Crippen molar-refractivity contribution in [2.24, 2.45) is 0 Å². The molecule has 3 nitrogen and oxygen atoms in total. The predicted molar refractivity (Wildman–Crippen MR) is 72.7 cm³/mol. The summed E-state index contributed by atoms with van der Waals surface area (Å²) < 4.78 is 5.55. The molecule has 0 atom stereocenters. The van der Waals surface area contributed by atoms with Crippen LogP contribution in [0.2, 0.25) is 0 Å². The molecule has 4 heteroatoms. The molecule has 0 spiro atoms. The van der Waals surface area contributed by atoms with E-state index in [-0.39, 0.29) is 5.91 Å². The van der Waals surface area contributed by atoms with Gasteiger partial charge in [0.25, 0.3) is 5.91 Å². The zero-order valence-electron chi connectivity index (χ0n) is 10.1. The fourth-order valence-corrected chi connectivity index (χ4v) is 2.88. The molecule has 1 aromatic carbocycles. The van der Waals surface area contributed by atoms with Crippen LogP contribution in [0.25, 0.3) is 0 Å². The number of anilines is 1. The van der Waals surface area contributed by atoms with Crippen molar-refractivity contribution in [3.8, 4) is 5.75 Å². The first-order chi connectivity index (χ1) is 8.75. The number of aryl methyl sites for hydroxylation is 1. The number of carbonyl (C=O) groups is 1. The Kier molecular flexibility index (Phi) is 2.80. The van der Waals surface area contributed by atoms with Crippen molar-refractivity contribution in [3.05, 3.63) is 46.2 Å². The molecule has 0 bridgehead atoms. The summed E-state index contributed by atoms with van der Waals surface area (Å²) in [5, 5.41) is 0. The first kappa shape index (κ1) is 11.3. The Hall–Kier alpha value is -1.81. The Balaban J connectivity index is 1.96. The van der Waals surface area contributed by atoms with Gasteiger partial charge < -0.3 is 9.64 Å². The summed E-state index contributed by atoms with van der Waals surface area (Å²) in [4.78, 5) is 16.2. The lowest BCUT2D eigenvalue weighted by Crippen LogP contribution is -2.37. The molecule has 18 heavy (non-hydrogen) atoms. The van der Waals surface area contributed by atoms with Crippen LogP contribution in [0.3, 0.4) is 0 Å². The molecule has 0 unspecified atom stereocenters. The molecule has 0 N–H and O–H groups in total. The Labute approximate surface area is 110 Å². The third-order valence-electron chi connectivity index (χ3n) is 2.92. The normalized spacial score (nSPS) is 13.9. The molecule has 1 amide bonds. The van der Waals surface area contributed by atoms with Crippen LogP contribution in [-0.4, -0.2) is 19.1 Å². The average Bonchev–Trinajstić information content (AvgIpc) is 2.84. The maximum absolute atomic E-state index is 12.5. The maximum atomic E-state index is 12.5. The minimum Gasteiger partial charge on any atom is -0.490 e. The monoisotopic (exact) mass is 259 g/mol. The van der Waals surface area contributed by atoms with Crippen LogP contribution < -0.4 is 9.64 Å². The van der Waals surface area contributed by atoms with Crippen molar-refractivity contribution in [2.75, 3.05) is 18.1 Å². The third-order valence-corrected chi connectivity index (χ3v) is 3.91. The van der Waals surface area contributed by atoms with Crippen molar-refractivity contribution < 1.29 is 9.53 Å². The Bertz CT molecular complexity index is 591. The van der Waals surface area contributed by atoms with E-state index in [0.29, 0.717) is 13.2 Å². The van der Waals surface area contributed by atoms with Gasteiger partial charge in [-0.05, 0) is 31.2 Å². The van der Waals surface area contributed by atoms with Gasteiger partial charge in [-0.1, -0.05) is 12.1 Å². The van der Waals surface area contributed by atoms with E-state index < -0.39 is 0 Å². The first-order valence-corrected chi connectivity index (χ1v) is 6.67. The number of nitrogens with zero attached hydrogens (tertiary/aromatic N) is 1. The van der Waals surface area contributed by atoms with E-state index >= 15 is 0 Å². The second kappa shape index (κ2) is 4.46. The highest BCUT2D eigenvalue weighted by Gasteiger charge is 2.24. The molecule has 2 aromatic rings. The van der Waals surface area contributed by atoms with Gasteiger partial charge >= 0.3 is 0 Å². The van der Waals surface area contributed by atoms with Crippen LogP contribution in [0.4, 0.5) is 5.69 Å². The smallest absolute Gasteiger partial charge is 0.268 e. The number of thiophene rings is 1. The predicted octanol–water partition coefficient (Wildman–Crippen LogP) is 3.10. The summed E-state index contributed by atoms with van der Waals surface area (Å²) in [5.74, 6) is 0.842. The quantitative estimate of drug-likeness (QED) is 0.787. The van der Waals surface area contributed by atoms with Crippen molar-refractivity contribution in [2.45, 2.75) is 6.92 Å². The van der Waals surface area contributed by atoms with Crippen molar-refractivity contribution >= 4 is 22.9 Å². The molecular weight excluding hydrogens is 246 g/mol. The second-order valence-corrected chi connectivity index (χ2v) is 5.47. The number of para-hydroxylation sites is 2. The standard InChI is InChI=1S/C14H13NO2S/c1-10-6-7-13(18-10)14(16)15-8-9-17-12-5-3-2-4-11(12)15/h2-7H,8-9H2,1H3. The minimum absolute atomic E-state index is 0.0591. The molecule has 0 radical (unpaired) electrons. The zero-order valence-corrected chi connectivity index (χ0v) is 10.9. The van der Waals surface area contributed by atoms with Gasteiger partial charge in [-0.3, -0.25) is 4.79 Å². The van der Waals surface area contributed by atoms with E-state index in [1.54, 1.807) is 4.90 Å². The SMILES string of the molecule is Cc1ccc(C(=O)N2CCOc3ccccc32)s1. The summed E-state index contributed by atoms with van der Waals surface area (Å²) in [5.41, 5.74) is 0.861. The molecule has 1 aliphatic rings. The largest absolute Gasteiger partial charge is 0.490 e. The molecule has 2 heterocycles. The molecule has 92 valence electrons. The highest BCUT2D eigenvalue weighted by Crippen LogP contribution is 2.32. The number of hydrogen-bond donors (Lipinski definition) is 0. The van der Waals surface area contributed by atoms with Crippen molar-refractivity contribution in [3.63, 3.8) is 0 Å². The number of carbonyl (C=O) groups excluding carboxylic acids is 1. The van der Waals surface area contributed by atoms with E-state index in [4.69, 9.17) is 4.74 Å². The van der Waals surface area contributed by atoms with E-state index in [2.05, 4.69) is 0 Å². The molecule has 1 aliphatic heterocycles. The fourth-order valence-electron chi connectivity index (χ4n) is 2.06. The van der Waals surface area contributed by atoms with Crippen LogP contribution in [0, 0.1) is 6.92 Å². The number of amides is 1. The van der Waals surface area contributed by atoms with Crippen LogP contribution in [0.5, 0.6) is 5.75 Å². The number of hydrogen-bond acceptors (Lipinski definition) is 3. The summed E-state index contributed by atoms with van der Waals surface area (Å²) in [6.45, 7) is 3.16. The molecule has 0 saturated heterocycles. The Morgan fingerprint density at radius 1 is 1.28 bits per heavy atom. The average molecular weight is 259 g/mol. The highest BCUT2D eigenvalue weighted by molar-refractivity contribution is 7.14. The lowest BCUT2D eigenvalue weighted by Gasteiger charge is -2.29. The van der Waals surface area contributed by atoms with Gasteiger partial charge in [-0.25, -0.2) is 0 Å². The maximum Gasteiger partial charge on any atom is 0.268 e. The molecule has 3 rings (SSSR count). The van der Waals surface area contributed by atoms with Crippen molar-refractivity contribution in [1.29, 1.82) is 0 Å². The summed E-state index contributed by atoms with van der Waals surface area (Å²) in [7, 11) is 0. The second-order valence-electron chi connectivity index (χ2n) is 4.18. The molecule has 0 aliphatic carbocycles. The number of fused-ring (bicyclic) bond motifs is 1. The van der Waals surface area contributed by atoms with Crippen LogP contribution in [0.1, 0.15) is 14.5 Å². The van der Waals surface area contributed by atoms with Gasteiger partial charge in [0, 0.05) is 4.88 Å². The number of ether oxygens (including phenoxy) is 1. The summed E-state index contributed by atoms with van der Waals surface area (Å²) in [6.07, 6.45) is 0. The summed E-state index contributed by atoms with van der Waals surface area (Å²) in [6, 6.07) is 11.5. The molecule has 1 aromatic heterocycles. The third kappa shape index (κ3) is 1.88. The first-order valence-electron chi connectivity index (χ1n) is 5.86. The van der Waals surface area contributed by atoms with Gasteiger partial charge in [0.05, 0.1) is 17.1 Å². The highest BCUT2D eigenvalue weighted by atomic mass is 32.1. The Morgan fingerprint density at radius 3 is 2.89 bits per heavy atom. The minimum atomic E-state index is 0.0591. The zero-order chi connectivity index (χ0) is 12.5.